The third-order valence-electron chi connectivity index (χ3n) is 4.60. The van der Waals surface area contributed by atoms with Crippen molar-refractivity contribution in [3.8, 4) is 0 Å². The number of hydrogen-bond acceptors (Lipinski definition) is 6. The van der Waals surface area contributed by atoms with Gasteiger partial charge < -0.3 is 0 Å². The molecule has 23 heavy (non-hydrogen) atoms. The van der Waals surface area contributed by atoms with Crippen molar-refractivity contribution in [3.63, 3.8) is 0 Å². The van der Waals surface area contributed by atoms with Crippen molar-refractivity contribution in [2.24, 2.45) is 5.92 Å². The third-order valence-corrected chi connectivity index (χ3v) is 4.60. The molecule has 2 amide bonds. The van der Waals surface area contributed by atoms with Gasteiger partial charge in [-0.05, 0) is 25.0 Å². The van der Waals surface area contributed by atoms with Crippen molar-refractivity contribution in [1.29, 1.82) is 0 Å². The van der Waals surface area contributed by atoms with Gasteiger partial charge in [-0.3, -0.25) is 14.9 Å². The second-order valence-electron chi connectivity index (χ2n) is 6.26. The maximum atomic E-state index is 11.8. The number of nitrogens with one attached hydrogen (secondary N) is 2. The van der Waals surface area contributed by atoms with Crippen LogP contribution in [0.5, 0.6) is 0 Å². The third kappa shape index (κ3) is 1.77. The molecule has 0 saturated carbocycles. The Labute approximate surface area is 130 Å². The van der Waals surface area contributed by atoms with Gasteiger partial charge in [0.25, 0.3) is 11.8 Å². The van der Waals surface area contributed by atoms with Gasteiger partial charge in [0.2, 0.25) is 0 Å². The van der Waals surface area contributed by atoms with E-state index in [4.69, 9.17) is 0 Å². The van der Waals surface area contributed by atoms with Crippen molar-refractivity contribution in [1.82, 2.24) is 30.7 Å². The molecule has 2 aromatic rings. The maximum Gasteiger partial charge on any atom is 0.279 e. The fourth-order valence-corrected chi connectivity index (χ4v) is 2.87. The molecular formula is C15H14N6O2. The average molecular weight is 310 g/mol. The first kappa shape index (κ1) is 13.7. The van der Waals surface area contributed by atoms with Crippen LogP contribution in [0.2, 0.25) is 0 Å². The molecule has 1 unspecified atom stereocenters. The molecule has 2 N–H and O–H groups in total. The van der Waals surface area contributed by atoms with E-state index in [2.05, 4.69) is 44.5 Å². The Bertz CT molecular complexity index is 990. The Morgan fingerprint density at radius 3 is 2.35 bits per heavy atom. The summed E-state index contributed by atoms with van der Waals surface area (Å²) in [6, 6.07) is 0. The highest BCUT2D eigenvalue weighted by Gasteiger charge is 2.36. The molecule has 0 aromatic carbocycles. The lowest BCUT2D eigenvalue weighted by Crippen LogP contribution is -2.37. The van der Waals surface area contributed by atoms with Crippen LogP contribution in [0.3, 0.4) is 0 Å². The average Bonchev–Trinajstić information content (AvgIpc) is 3.02. The van der Waals surface area contributed by atoms with E-state index in [1.54, 1.807) is 6.08 Å². The summed E-state index contributed by atoms with van der Waals surface area (Å²) in [7, 11) is 0. The monoisotopic (exact) mass is 310 g/mol. The summed E-state index contributed by atoms with van der Waals surface area (Å²) in [5.74, 6) is -0.818. The molecule has 116 valence electrons. The molecule has 0 saturated heterocycles. The van der Waals surface area contributed by atoms with Gasteiger partial charge in [-0.25, -0.2) is 9.97 Å². The highest BCUT2D eigenvalue weighted by atomic mass is 16.2. The SMILES string of the molecule is CC(C)C1(C)C=c2nc3c(nc2=Cc2n[nH]nc21)C(=O)NC3=O. The summed E-state index contributed by atoms with van der Waals surface area (Å²) in [4.78, 5) is 32.3. The lowest BCUT2D eigenvalue weighted by molar-refractivity contribution is 0.0876. The van der Waals surface area contributed by atoms with Gasteiger partial charge >= 0.3 is 0 Å². The van der Waals surface area contributed by atoms with Gasteiger partial charge in [0, 0.05) is 5.41 Å². The van der Waals surface area contributed by atoms with Gasteiger partial charge in [0.15, 0.2) is 11.4 Å². The van der Waals surface area contributed by atoms with Gasteiger partial charge in [0.1, 0.15) is 5.69 Å². The Kier molecular flexibility index (Phi) is 2.58. The van der Waals surface area contributed by atoms with Crippen LogP contribution in [0, 0.1) is 5.92 Å². The summed E-state index contributed by atoms with van der Waals surface area (Å²) >= 11 is 0. The molecular weight excluding hydrogens is 296 g/mol. The Balaban J connectivity index is 2.11. The molecule has 4 rings (SSSR count). The summed E-state index contributed by atoms with van der Waals surface area (Å²) in [6.07, 6.45) is 3.68. The summed E-state index contributed by atoms with van der Waals surface area (Å²) in [5.41, 5.74) is 1.15. The zero-order valence-corrected chi connectivity index (χ0v) is 12.8. The van der Waals surface area contributed by atoms with E-state index in [-0.39, 0.29) is 17.3 Å². The second-order valence-corrected chi connectivity index (χ2v) is 6.26. The van der Waals surface area contributed by atoms with Crippen LogP contribution in [-0.2, 0) is 5.41 Å². The normalized spacial score (nSPS) is 21.7. The highest BCUT2D eigenvalue weighted by Crippen LogP contribution is 2.34. The van der Waals surface area contributed by atoms with Crippen molar-refractivity contribution >= 4 is 24.0 Å². The minimum atomic E-state index is -0.523. The summed E-state index contributed by atoms with van der Waals surface area (Å²) < 4.78 is 0. The van der Waals surface area contributed by atoms with E-state index in [1.165, 1.54) is 0 Å². The summed E-state index contributed by atoms with van der Waals surface area (Å²) in [5, 5.41) is 14.4. The number of hydrogen-bond donors (Lipinski definition) is 2. The minimum Gasteiger partial charge on any atom is -0.285 e. The second kappa shape index (κ2) is 4.31. The van der Waals surface area contributed by atoms with E-state index in [9.17, 15) is 9.59 Å². The smallest absolute Gasteiger partial charge is 0.279 e. The van der Waals surface area contributed by atoms with Crippen LogP contribution in [0.25, 0.3) is 12.2 Å². The summed E-state index contributed by atoms with van der Waals surface area (Å²) in [6.45, 7) is 6.20. The van der Waals surface area contributed by atoms with Gasteiger partial charge in [-0.1, -0.05) is 13.8 Å². The molecule has 2 aliphatic rings. The Morgan fingerprint density at radius 2 is 1.70 bits per heavy atom. The largest absolute Gasteiger partial charge is 0.285 e. The van der Waals surface area contributed by atoms with E-state index >= 15 is 0 Å². The van der Waals surface area contributed by atoms with E-state index < -0.39 is 17.2 Å². The van der Waals surface area contributed by atoms with Crippen molar-refractivity contribution in [2.75, 3.05) is 0 Å². The number of carbonyl (C=O) groups is 2. The van der Waals surface area contributed by atoms with Crippen molar-refractivity contribution in [2.45, 2.75) is 26.2 Å². The Hall–Kier alpha value is -2.90. The number of nitrogens with zero attached hydrogens (tertiary/aromatic N) is 4. The molecule has 8 nitrogen and oxygen atoms in total. The number of fused-ring (bicyclic) bond motifs is 3. The van der Waals surface area contributed by atoms with Crippen LogP contribution in [0.4, 0.5) is 0 Å². The van der Waals surface area contributed by atoms with E-state index in [1.807, 2.05) is 13.0 Å². The van der Waals surface area contributed by atoms with E-state index in [0.29, 0.717) is 16.4 Å². The van der Waals surface area contributed by atoms with Crippen molar-refractivity contribution in [3.05, 3.63) is 33.5 Å². The predicted octanol–water partition coefficient (Wildman–Crippen LogP) is -0.985. The minimum absolute atomic E-state index is 0.0524. The molecule has 0 bridgehead atoms. The number of aromatic nitrogens is 5. The number of aromatic amines is 1. The van der Waals surface area contributed by atoms with Crippen LogP contribution in [0.15, 0.2) is 0 Å². The van der Waals surface area contributed by atoms with Crippen LogP contribution < -0.4 is 16.0 Å². The van der Waals surface area contributed by atoms with Crippen LogP contribution >= 0.6 is 0 Å². The van der Waals surface area contributed by atoms with Gasteiger partial charge in [-0.2, -0.15) is 15.4 Å². The molecule has 1 aliphatic heterocycles. The number of carbonyl (C=O) groups excluding carboxylic acids is 2. The topological polar surface area (TPSA) is 114 Å². The zero-order chi connectivity index (χ0) is 16.4. The van der Waals surface area contributed by atoms with Gasteiger partial charge in [-0.15, -0.1) is 0 Å². The van der Waals surface area contributed by atoms with Crippen LogP contribution in [0.1, 0.15) is 53.1 Å². The number of H-pyrrole nitrogens is 1. The van der Waals surface area contributed by atoms with E-state index in [0.717, 1.165) is 5.69 Å². The lowest BCUT2D eigenvalue weighted by atomic mass is 9.75. The molecule has 8 heteroatoms. The fourth-order valence-electron chi connectivity index (χ4n) is 2.87. The number of rotatable bonds is 1. The predicted molar refractivity (Wildman–Crippen MR) is 79.7 cm³/mol. The standard InChI is InChI=1S/C15H14N6O2/c1-6(2)15(3)5-9-7(4-8-12(15)20-21-19-8)16-10-11(17-9)14(23)18-13(10)22/h4-6H,1-3H3,(H,18,22,23)(H,19,20,21). The maximum absolute atomic E-state index is 11.8. The molecule has 0 fully saturated rings. The zero-order valence-electron chi connectivity index (χ0n) is 12.8. The Morgan fingerprint density at radius 1 is 1.04 bits per heavy atom. The first-order chi connectivity index (χ1) is 10.9. The fraction of sp³-hybridized carbons (Fsp3) is 0.333. The van der Waals surface area contributed by atoms with Crippen molar-refractivity contribution < 1.29 is 9.59 Å². The number of imide groups is 1. The van der Waals surface area contributed by atoms with Crippen LogP contribution in [-0.4, -0.2) is 37.2 Å². The molecule has 0 spiro atoms. The first-order valence-corrected chi connectivity index (χ1v) is 7.30. The lowest BCUT2D eigenvalue weighted by Gasteiger charge is -2.28. The number of amides is 2. The quantitative estimate of drug-likeness (QED) is 0.654. The first-order valence-electron chi connectivity index (χ1n) is 7.30. The highest BCUT2D eigenvalue weighted by molar-refractivity contribution is 6.19. The molecule has 1 aliphatic carbocycles. The molecule has 0 radical (unpaired) electrons. The molecule has 2 aromatic heterocycles. The van der Waals surface area contributed by atoms with Gasteiger partial charge in [0.05, 0.1) is 16.4 Å². The molecule has 1 atom stereocenters. The molecule has 3 heterocycles.